The lowest BCUT2D eigenvalue weighted by Gasteiger charge is -2.27. The Kier molecular flexibility index (Phi) is 4.43. The molecule has 2 heterocycles. The summed E-state index contributed by atoms with van der Waals surface area (Å²) in [4.78, 5) is 26.2. The van der Waals surface area contributed by atoms with Crippen molar-refractivity contribution in [1.82, 2.24) is 5.32 Å². The molecule has 1 aromatic carbocycles. The first-order chi connectivity index (χ1) is 11.4. The van der Waals surface area contributed by atoms with Crippen molar-refractivity contribution in [2.45, 2.75) is 31.9 Å². The van der Waals surface area contributed by atoms with Crippen molar-refractivity contribution in [2.24, 2.45) is 0 Å². The fourth-order valence-corrected chi connectivity index (χ4v) is 3.82. The second-order valence-electron chi connectivity index (χ2n) is 6.24. The van der Waals surface area contributed by atoms with Gasteiger partial charge in [-0.2, -0.15) is 11.3 Å². The summed E-state index contributed by atoms with van der Waals surface area (Å²) in [6.07, 6.45) is 0.488. The standard InChI is InChI=1S/C18H20N2O3S/c1-12(21)20-15-6-4-3-5-13(15)9-16(20)17(22)19-11-18(2,23)14-7-8-24-10-14/h3-8,10,16,23H,9,11H2,1-2H3,(H,19,22)/t16-,18?/m0/s1. The smallest absolute Gasteiger partial charge is 0.243 e. The number of carbonyl (C=O) groups is 2. The predicted molar refractivity (Wildman–Crippen MR) is 94.0 cm³/mol. The van der Waals surface area contributed by atoms with E-state index >= 15 is 0 Å². The number of rotatable bonds is 4. The van der Waals surface area contributed by atoms with Gasteiger partial charge in [-0.1, -0.05) is 18.2 Å². The minimum absolute atomic E-state index is 0.0984. The SMILES string of the molecule is CC(=O)N1c2ccccc2C[C@H]1C(=O)NCC(C)(O)c1ccsc1. The highest BCUT2D eigenvalue weighted by molar-refractivity contribution is 7.08. The highest BCUT2D eigenvalue weighted by atomic mass is 32.1. The molecule has 126 valence electrons. The van der Waals surface area contributed by atoms with Gasteiger partial charge in [-0.3, -0.25) is 14.5 Å². The molecule has 0 spiro atoms. The van der Waals surface area contributed by atoms with Crippen molar-refractivity contribution in [2.75, 3.05) is 11.4 Å². The Hall–Kier alpha value is -2.18. The summed E-state index contributed by atoms with van der Waals surface area (Å²) in [6, 6.07) is 8.81. The maximum Gasteiger partial charge on any atom is 0.243 e. The summed E-state index contributed by atoms with van der Waals surface area (Å²) < 4.78 is 0. The van der Waals surface area contributed by atoms with Crippen molar-refractivity contribution in [3.63, 3.8) is 0 Å². The highest BCUT2D eigenvalue weighted by Gasteiger charge is 2.37. The number of carbonyl (C=O) groups excluding carboxylic acids is 2. The van der Waals surface area contributed by atoms with Gasteiger partial charge in [0.1, 0.15) is 11.6 Å². The van der Waals surface area contributed by atoms with E-state index in [4.69, 9.17) is 0 Å². The second-order valence-corrected chi connectivity index (χ2v) is 7.02. The van der Waals surface area contributed by atoms with Crippen LogP contribution in [0.2, 0.25) is 0 Å². The van der Waals surface area contributed by atoms with Crippen LogP contribution < -0.4 is 10.2 Å². The van der Waals surface area contributed by atoms with Gasteiger partial charge in [0.15, 0.2) is 0 Å². The van der Waals surface area contributed by atoms with Crippen molar-refractivity contribution in [3.05, 3.63) is 52.2 Å². The summed E-state index contributed by atoms with van der Waals surface area (Å²) >= 11 is 1.50. The molecule has 0 saturated heterocycles. The third-order valence-corrected chi connectivity index (χ3v) is 5.05. The predicted octanol–water partition coefficient (Wildman–Crippen LogP) is 2.05. The summed E-state index contributed by atoms with van der Waals surface area (Å²) in [5.41, 5.74) is 1.40. The number of thiophene rings is 1. The molecule has 0 aliphatic carbocycles. The number of nitrogens with zero attached hydrogens (tertiary/aromatic N) is 1. The summed E-state index contributed by atoms with van der Waals surface area (Å²) in [6.45, 7) is 3.23. The molecule has 6 heteroatoms. The van der Waals surface area contributed by atoms with E-state index in [1.54, 1.807) is 6.92 Å². The Morgan fingerprint density at radius 3 is 2.79 bits per heavy atom. The fourth-order valence-electron chi connectivity index (χ4n) is 3.04. The monoisotopic (exact) mass is 344 g/mol. The molecule has 1 aliphatic heterocycles. The van der Waals surface area contributed by atoms with E-state index in [1.165, 1.54) is 23.2 Å². The van der Waals surface area contributed by atoms with Gasteiger partial charge in [-0.15, -0.1) is 0 Å². The molecule has 2 N–H and O–H groups in total. The number of hydrogen-bond donors (Lipinski definition) is 2. The lowest BCUT2D eigenvalue weighted by molar-refractivity contribution is -0.126. The normalized spacial score (nSPS) is 18.8. The maximum absolute atomic E-state index is 12.6. The Morgan fingerprint density at radius 2 is 2.12 bits per heavy atom. The van der Waals surface area contributed by atoms with Crippen LogP contribution in [0, 0.1) is 0 Å². The highest BCUT2D eigenvalue weighted by Crippen LogP contribution is 2.32. The van der Waals surface area contributed by atoms with Crippen molar-refractivity contribution in [3.8, 4) is 0 Å². The third-order valence-electron chi connectivity index (χ3n) is 4.37. The molecule has 1 unspecified atom stereocenters. The van der Waals surface area contributed by atoms with Crippen LogP contribution in [0.4, 0.5) is 5.69 Å². The molecule has 0 fully saturated rings. The van der Waals surface area contributed by atoms with Gasteiger partial charge in [0.2, 0.25) is 11.8 Å². The molecule has 24 heavy (non-hydrogen) atoms. The number of anilines is 1. The van der Waals surface area contributed by atoms with E-state index in [2.05, 4.69) is 5.32 Å². The molecule has 0 bridgehead atoms. The van der Waals surface area contributed by atoms with E-state index in [1.807, 2.05) is 41.1 Å². The first kappa shape index (κ1) is 16.7. The summed E-state index contributed by atoms with van der Waals surface area (Å²) in [7, 11) is 0. The lowest BCUT2D eigenvalue weighted by Crippen LogP contribution is -2.50. The third kappa shape index (κ3) is 3.07. The largest absolute Gasteiger partial charge is 0.384 e. The summed E-state index contributed by atoms with van der Waals surface area (Å²) in [5.74, 6) is -0.415. The first-order valence-electron chi connectivity index (χ1n) is 7.80. The molecule has 2 aromatic rings. The molecule has 0 radical (unpaired) electrons. The number of nitrogens with one attached hydrogen (secondary N) is 1. The molecule has 1 aromatic heterocycles. The van der Waals surface area contributed by atoms with Gasteiger partial charge in [-0.25, -0.2) is 0 Å². The van der Waals surface area contributed by atoms with Crippen LogP contribution in [-0.4, -0.2) is 29.5 Å². The van der Waals surface area contributed by atoms with E-state index in [0.717, 1.165) is 16.8 Å². The Labute approximate surface area is 144 Å². The minimum Gasteiger partial charge on any atom is -0.384 e. The fraction of sp³-hybridized carbons (Fsp3) is 0.333. The van der Waals surface area contributed by atoms with Crippen LogP contribution in [0.15, 0.2) is 41.1 Å². The zero-order valence-electron chi connectivity index (χ0n) is 13.7. The Bertz CT molecular complexity index is 755. The zero-order chi connectivity index (χ0) is 17.3. The topological polar surface area (TPSA) is 69.6 Å². The maximum atomic E-state index is 12.6. The molecule has 1 aliphatic rings. The second kappa shape index (κ2) is 6.37. The lowest BCUT2D eigenvalue weighted by atomic mass is 9.99. The quantitative estimate of drug-likeness (QED) is 0.892. The van der Waals surface area contributed by atoms with Crippen molar-refractivity contribution >= 4 is 28.8 Å². The van der Waals surface area contributed by atoms with E-state index in [0.29, 0.717) is 6.42 Å². The van der Waals surface area contributed by atoms with Gasteiger partial charge in [-0.05, 0) is 40.9 Å². The van der Waals surface area contributed by atoms with Gasteiger partial charge in [0.05, 0.1) is 6.54 Å². The average Bonchev–Trinajstić information content (AvgIpc) is 3.20. The van der Waals surface area contributed by atoms with Crippen LogP contribution in [0.25, 0.3) is 0 Å². The number of para-hydroxylation sites is 1. The molecule has 0 saturated carbocycles. The molecular formula is C18H20N2O3S. The molecule has 2 atom stereocenters. The van der Waals surface area contributed by atoms with Crippen LogP contribution in [0.3, 0.4) is 0 Å². The van der Waals surface area contributed by atoms with Crippen LogP contribution >= 0.6 is 11.3 Å². The Balaban J connectivity index is 1.73. The Morgan fingerprint density at radius 1 is 1.38 bits per heavy atom. The minimum atomic E-state index is -1.14. The van der Waals surface area contributed by atoms with Gasteiger partial charge in [0.25, 0.3) is 0 Å². The first-order valence-corrected chi connectivity index (χ1v) is 8.75. The van der Waals surface area contributed by atoms with E-state index < -0.39 is 11.6 Å². The summed E-state index contributed by atoms with van der Waals surface area (Å²) in [5, 5.41) is 17.1. The van der Waals surface area contributed by atoms with Gasteiger partial charge >= 0.3 is 0 Å². The zero-order valence-corrected chi connectivity index (χ0v) is 14.5. The van der Waals surface area contributed by atoms with Gasteiger partial charge in [0, 0.05) is 19.0 Å². The van der Waals surface area contributed by atoms with Crippen LogP contribution in [0.1, 0.15) is 25.0 Å². The van der Waals surface area contributed by atoms with Gasteiger partial charge < -0.3 is 10.4 Å². The number of aliphatic hydroxyl groups is 1. The van der Waals surface area contributed by atoms with E-state index in [-0.39, 0.29) is 18.4 Å². The molecular weight excluding hydrogens is 324 g/mol. The molecule has 2 amide bonds. The molecule has 5 nitrogen and oxygen atoms in total. The van der Waals surface area contributed by atoms with Crippen LogP contribution in [-0.2, 0) is 21.6 Å². The van der Waals surface area contributed by atoms with Crippen molar-refractivity contribution in [1.29, 1.82) is 0 Å². The van der Waals surface area contributed by atoms with E-state index in [9.17, 15) is 14.7 Å². The molecule has 3 rings (SSSR count). The average molecular weight is 344 g/mol. The number of fused-ring (bicyclic) bond motifs is 1. The van der Waals surface area contributed by atoms with Crippen LogP contribution in [0.5, 0.6) is 0 Å². The number of benzene rings is 1. The van der Waals surface area contributed by atoms with Crippen molar-refractivity contribution < 1.29 is 14.7 Å². The number of amides is 2. The number of hydrogen-bond acceptors (Lipinski definition) is 4.